The number of benzene rings is 1. The Kier molecular flexibility index (Phi) is 3.36. The molecule has 0 radical (unpaired) electrons. The molecule has 1 heterocycles. The minimum atomic E-state index is 0.656. The second-order valence-electron chi connectivity index (χ2n) is 3.60. The van der Waals surface area contributed by atoms with E-state index in [9.17, 15) is 0 Å². The fourth-order valence-corrected chi connectivity index (χ4v) is 1.57. The van der Waals surface area contributed by atoms with E-state index >= 15 is 0 Å². The summed E-state index contributed by atoms with van der Waals surface area (Å²) >= 11 is 0. The first-order valence-corrected chi connectivity index (χ1v) is 5.45. The van der Waals surface area contributed by atoms with Crippen molar-refractivity contribution >= 4 is 5.82 Å². The van der Waals surface area contributed by atoms with Gasteiger partial charge in [0.15, 0.2) is 0 Å². The van der Waals surface area contributed by atoms with Crippen LogP contribution in [0.3, 0.4) is 0 Å². The van der Waals surface area contributed by atoms with Gasteiger partial charge in [0.1, 0.15) is 5.82 Å². The van der Waals surface area contributed by atoms with Crippen molar-refractivity contribution in [2.45, 2.75) is 20.0 Å². The van der Waals surface area contributed by atoms with Gasteiger partial charge in [-0.2, -0.15) is 5.26 Å². The monoisotopic (exact) mass is 227 g/mol. The molecule has 1 aromatic carbocycles. The molecule has 0 fully saturated rings. The van der Waals surface area contributed by atoms with Crippen molar-refractivity contribution in [3.05, 3.63) is 41.6 Å². The first kappa shape index (κ1) is 11.1. The molecule has 0 saturated carbocycles. The van der Waals surface area contributed by atoms with Crippen LogP contribution in [0.2, 0.25) is 0 Å². The molecule has 0 aliphatic carbocycles. The zero-order chi connectivity index (χ0) is 12.1. The van der Waals surface area contributed by atoms with Crippen LogP contribution in [-0.2, 0) is 13.1 Å². The van der Waals surface area contributed by atoms with Gasteiger partial charge >= 0.3 is 0 Å². The average molecular weight is 227 g/mol. The third-order valence-corrected chi connectivity index (χ3v) is 2.45. The summed E-state index contributed by atoms with van der Waals surface area (Å²) < 4.78 is 1.79. The van der Waals surface area contributed by atoms with Gasteiger partial charge < -0.3 is 5.32 Å². The van der Waals surface area contributed by atoms with E-state index in [0.29, 0.717) is 12.1 Å². The summed E-state index contributed by atoms with van der Waals surface area (Å²) in [6.45, 7) is 3.44. The summed E-state index contributed by atoms with van der Waals surface area (Å²) in [7, 11) is 0. The molecule has 0 atom stereocenters. The summed E-state index contributed by atoms with van der Waals surface area (Å²) in [4.78, 5) is 0. The maximum atomic E-state index is 8.80. The molecule has 1 N–H and O–H groups in total. The number of nitrogens with zero attached hydrogens (tertiary/aromatic N) is 4. The molecule has 0 bridgehead atoms. The average Bonchev–Trinajstić information content (AvgIpc) is 2.84. The maximum Gasteiger partial charge on any atom is 0.145 e. The molecular formula is C12H13N5. The van der Waals surface area contributed by atoms with Gasteiger partial charge in [-0.3, -0.25) is 0 Å². The number of nitriles is 1. The molecule has 0 amide bonds. The Balaban J connectivity index is 2.05. The molecule has 86 valence electrons. The van der Waals surface area contributed by atoms with Gasteiger partial charge in [0, 0.05) is 13.1 Å². The van der Waals surface area contributed by atoms with Crippen molar-refractivity contribution < 1.29 is 0 Å². The van der Waals surface area contributed by atoms with E-state index in [1.54, 1.807) is 16.9 Å². The number of nitrogens with one attached hydrogen (secondary N) is 1. The number of hydrogen-bond acceptors (Lipinski definition) is 4. The quantitative estimate of drug-likeness (QED) is 0.864. The van der Waals surface area contributed by atoms with Crippen LogP contribution in [0, 0.1) is 11.3 Å². The van der Waals surface area contributed by atoms with Crippen LogP contribution in [0.25, 0.3) is 0 Å². The Morgan fingerprint density at radius 3 is 3.12 bits per heavy atom. The molecule has 0 unspecified atom stereocenters. The van der Waals surface area contributed by atoms with Gasteiger partial charge in [-0.25, -0.2) is 4.68 Å². The normalized spacial score (nSPS) is 9.88. The van der Waals surface area contributed by atoms with Crippen molar-refractivity contribution in [2.75, 3.05) is 5.32 Å². The van der Waals surface area contributed by atoms with E-state index in [0.717, 1.165) is 17.9 Å². The van der Waals surface area contributed by atoms with Gasteiger partial charge in [-0.1, -0.05) is 17.3 Å². The smallest absolute Gasteiger partial charge is 0.145 e. The third kappa shape index (κ3) is 2.61. The lowest BCUT2D eigenvalue weighted by Gasteiger charge is -2.07. The third-order valence-electron chi connectivity index (χ3n) is 2.45. The number of aryl methyl sites for hydroxylation is 1. The van der Waals surface area contributed by atoms with Crippen LogP contribution in [0.4, 0.5) is 5.82 Å². The molecule has 0 saturated heterocycles. The molecule has 5 heteroatoms. The minimum Gasteiger partial charge on any atom is -0.365 e. The van der Waals surface area contributed by atoms with Gasteiger partial charge in [-0.05, 0) is 24.6 Å². The van der Waals surface area contributed by atoms with E-state index in [1.165, 1.54) is 0 Å². The van der Waals surface area contributed by atoms with E-state index in [-0.39, 0.29) is 0 Å². The van der Waals surface area contributed by atoms with Crippen LogP contribution >= 0.6 is 0 Å². The molecule has 1 aromatic heterocycles. The second kappa shape index (κ2) is 5.12. The fourth-order valence-electron chi connectivity index (χ4n) is 1.57. The lowest BCUT2D eigenvalue weighted by Crippen LogP contribution is -2.06. The topological polar surface area (TPSA) is 66.5 Å². The largest absolute Gasteiger partial charge is 0.365 e. The van der Waals surface area contributed by atoms with Crippen LogP contribution in [0.15, 0.2) is 30.5 Å². The molecule has 2 rings (SSSR count). The first-order valence-electron chi connectivity index (χ1n) is 5.45. The van der Waals surface area contributed by atoms with Crippen molar-refractivity contribution in [3.63, 3.8) is 0 Å². The summed E-state index contributed by atoms with van der Waals surface area (Å²) in [6, 6.07) is 9.65. The zero-order valence-corrected chi connectivity index (χ0v) is 9.59. The van der Waals surface area contributed by atoms with Crippen LogP contribution in [-0.4, -0.2) is 15.0 Å². The Morgan fingerprint density at radius 2 is 2.35 bits per heavy atom. The minimum absolute atomic E-state index is 0.656. The molecule has 5 nitrogen and oxygen atoms in total. The number of aromatic nitrogens is 3. The lowest BCUT2D eigenvalue weighted by atomic mass is 10.1. The van der Waals surface area contributed by atoms with E-state index in [2.05, 4.69) is 21.7 Å². The molecule has 17 heavy (non-hydrogen) atoms. The van der Waals surface area contributed by atoms with Gasteiger partial charge in [0.05, 0.1) is 17.8 Å². The fraction of sp³-hybridized carbons (Fsp3) is 0.250. The van der Waals surface area contributed by atoms with Crippen molar-refractivity contribution in [2.24, 2.45) is 0 Å². The van der Waals surface area contributed by atoms with Crippen LogP contribution in [0.1, 0.15) is 18.1 Å². The highest BCUT2D eigenvalue weighted by Gasteiger charge is 2.01. The highest BCUT2D eigenvalue weighted by Crippen LogP contribution is 2.08. The highest BCUT2D eigenvalue weighted by atomic mass is 15.4. The van der Waals surface area contributed by atoms with Gasteiger partial charge in [0.25, 0.3) is 0 Å². The van der Waals surface area contributed by atoms with E-state index < -0.39 is 0 Å². The maximum absolute atomic E-state index is 8.80. The Bertz CT molecular complexity index is 538. The van der Waals surface area contributed by atoms with Crippen molar-refractivity contribution in [3.8, 4) is 6.07 Å². The molecular weight excluding hydrogens is 214 g/mol. The molecule has 0 aliphatic rings. The van der Waals surface area contributed by atoms with E-state index in [4.69, 9.17) is 5.26 Å². The Hall–Kier alpha value is -2.35. The number of rotatable bonds is 4. The van der Waals surface area contributed by atoms with Crippen LogP contribution in [0.5, 0.6) is 0 Å². The SMILES string of the molecule is CCn1nncc1NCc1cccc(C#N)c1. The Morgan fingerprint density at radius 1 is 1.47 bits per heavy atom. The van der Waals surface area contributed by atoms with Crippen molar-refractivity contribution in [1.29, 1.82) is 5.26 Å². The number of hydrogen-bond donors (Lipinski definition) is 1. The van der Waals surface area contributed by atoms with Gasteiger partial charge in [-0.15, -0.1) is 5.10 Å². The summed E-state index contributed by atoms with van der Waals surface area (Å²) in [5, 5.41) is 19.8. The molecule has 0 aliphatic heterocycles. The number of anilines is 1. The van der Waals surface area contributed by atoms with Crippen LogP contribution < -0.4 is 5.32 Å². The predicted octanol–water partition coefficient (Wildman–Crippen LogP) is 1.78. The van der Waals surface area contributed by atoms with E-state index in [1.807, 2.05) is 25.1 Å². The zero-order valence-electron chi connectivity index (χ0n) is 9.59. The molecule has 0 spiro atoms. The van der Waals surface area contributed by atoms with Gasteiger partial charge in [0.2, 0.25) is 0 Å². The Labute approximate surface area is 99.7 Å². The summed E-state index contributed by atoms with van der Waals surface area (Å²) in [6.07, 6.45) is 1.69. The highest BCUT2D eigenvalue weighted by molar-refractivity contribution is 5.36. The molecule has 2 aromatic rings. The summed E-state index contributed by atoms with van der Waals surface area (Å²) in [5.74, 6) is 0.884. The summed E-state index contributed by atoms with van der Waals surface area (Å²) in [5.41, 5.74) is 1.74. The predicted molar refractivity (Wildman–Crippen MR) is 64.2 cm³/mol. The second-order valence-corrected chi connectivity index (χ2v) is 3.60. The standard InChI is InChI=1S/C12H13N5/c1-2-17-12(9-15-16-17)14-8-11-5-3-4-10(6-11)7-13/h3-6,9,14H,2,8H2,1H3. The van der Waals surface area contributed by atoms with Crippen molar-refractivity contribution in [1.82, 2.24) is 15.0 Å². The lowest BCUT2D eigenvalue weighted by molar-refractivity contribution is 0.630. The first-order chi connectivity index (χ1) is 8.33.